The molecule has 0 unspecified atom stereocenters. The first-order chi connectivity index (χ1) is 9.94. The number of benzene rings is 2. The number of aryl methyl sites for hydroxylation is 1. The lowest BCUT2D eigenvalue weighted by Crippen LogP contribution is -2.24. The Morgan fingerprint density at radius 3 is 2.43 bits per heavy atom. The summed E-state index contributed by atoms with van der Waals surface area (Å²) in [6, 6.07) is 10.9. The zero-order valence-corrected chi connectivity index (χ0v) is 12.3. The molecule has 0 heterocycles. The van der Waals surface area contributed by atoms with Gasteiger partial charge in [-0.25, -0.2) is 17.5 Å². The molecule has 0 saturated heterocycles. The largest absolute Gasteiger partial charge is 0.392 e. The number of rotatable bonds is 5. The lowest BCUT2D eigenvalue weighted by molar-refractivity contribution is 0.280. The highest BCUT2D eigenvalue weighted by molar-refractivity contribution is 7.89. The van der Waals surface area contributed by atoms with Crippen LogP contribution in [-0.2, 0) is 23.2 Å². The average molecular weight is 309 g/mol. The van der Waals surface area contributed by atoms with E-state index in [0.29, 0.717) is 16.7 Å². The van der Waals surface area contributed by atoms with Crippen LogP contribution in [0.15, 0.2) is 47.4 Å². The molecule has 4 nitrogen and oxygen atoms in total. The Balaban J connectivity index is 2.22. The van der Waals surface area contributed by atoms with Crippen molar-refractivity contribution >= 4 is 10.0 Å². The number of hydrogen-bond donors (Lipinski definition) is 2. The normalized spacial score (nSPS) is 11.6. The van der Waals surface area contributed by atoms with Gasteiger partial charge in [-0.1, -0.05) is 30.3 Å². The van der Waals surface area contributed by atoms with Gasteiger partial charge in [-0.15, -0.1) is 0 Å². The monoisotopic (exact) mass is 309 g/mol. The Labute approximate surface area is 123 Å². The molecule has 0 atom stereocenters. The summed E-state index contributed by atoms with van der Waals surface area (Å²) in [6.07, 6.45) is 0. The molecule has 2 aromatic carbocycles. The van der Waals surface area contributed by atoms with Crippen LogP contribution in [0.1, 0.15) is 16.7 Å². The van der Waals surface area contributed by atoms with E-state index in [9.17, 15) is 17.9 Å². The van der Waals surface area contributed by atoms with Crippen LogP contribution in [0.3, 0.4) is 0 Å². The smallest absolute Gasteiger partial charge is 0.243 e. The highest BCUT2D eigenvalue weighted by Gasteiger charge is 2.19. The van der Waals surface area contributed by atoms with Gasteiger partial charge < -0.3 is 5.11 Å². The van der Waals surface area contributed by atoms with E-state index < -0.39 is 15.8 Å². The van der Waals surface area contributed by atoms with E-state index in [-0.39, 0.29) is 18.0 Å². The van der Waals surface area contributed by atoms with E-state index in [1.165, 1.54) is 12.1 Å². The lowest BCUT2D eigenvalue weighted by atomic mass is 10.1. The van der Waals surface area contributed by atoms with Gasteiger partial charge in [-0.2, -0.15) is 0 Å². The van der Waals surface area contributed by atoms with E-state index in [1.54, 1.807) is 37.3 Å². The average Bonchev–Trinajstić information content (AvgIpc) is 2.45. The second-order valence-electron chi connectivity index (χ2n) is 4.69. The van der Waals surface area contributed by atoms with Crippen LogP contribution in [-0.4, -0.2) is 13.5 Å². The quantitative estimate of drug-likeness (QED) is 0.889. The van der Waals surface area contributed by atoms with Crippen LogP contribution in [0.25, 0.3) is 0 Å². The van der Waals surface area contributed by atoms with Crippen LogP contribution in [0.2, 0.25) is 0 Å². The molecule has 0 amide bonds. The van der Waals surface area contributed by atoms with Crippen LogP contribution >= 0.6 is 0 Å². The number of nitrogens with one attached hydrogen (secondary N) is 1. The molecule has 2 N–H and O–H groups in total. The zero-order valence-electron chi connectivity index (χ0n) is 11.5. The first-order valence-electron chi connectivity index (χ1n) is 6.37. The number of aliphatic hydroxyl groups is 1. The molecular formula is C15H16FNO3S. The van der Waals surface area contributed by atoms with Crippen molar-refractivity contribution < 1.29 is 17.9 Å². The third kappa shape index (κ3) is 3.66. The summed E-state index contributed by atoms with van der Waals surface area (Å²) < 4.78 is 40.4. The Hall–Kier alpha value is -1.76. The van der Waals surface area contributed by atoms with Crippen molar-refractivity contribution in [3.05, 3.63) is 65.0 Å². The number of hydrogen-bond acceptors (Lipinski definition) is 3. The summed E-state index contributed by atoms with van der Waals surface area (Å²) in [5.74, 6) is -0.780. The van der Waals surface area contributed by atoms with Crippen molar-refractivity contribution in [1.29, 1.82) is 0 Å². The summed E-state index contributed by atoms with van der Waals surface area (Å²) in [7, 11) is -3.94. The van der Waals surface area contributed by atoms with Crippen LogP contribution < -0.4 is 4.72 Å². The van der Waals surface area contributed by atoms with E-state index in [1.807, 2.05) is 0 Å². The summed E-state index contributed by atoms with van der Waals surface area (Å²) in [5.41, 5.74) is 1.93. The van der Waals surface area contributed by atoms with Gasteiger partial charge in [-0.05, 0) is 35.7 Å². The predicted molar refractivity (Wildman–Crippen MR) is 77.5 cm³/mol. The minimum Gasteiger partial charge on any atom is -0.392 e. The number of sulfonamides is 1. The molecule has 21 heavy (non-hydrogen) atoms. The van der Waals surface area contributed by atoms with Gasteiger partial charge in [0.05, 0.1) is 6.61 Å². The second-order valence-corrected chi connectivity index (χ2v) is 6.42. The van der Waals surface area contributed by atoms with Gasteiger partial charge in [0.2, 0.25) is 10.0 Å². The van der Waals surface area contributed by atoms with Crippen molar-refractivity contribution in [2.45, 2.75) is 25.0 Å². The molecule has 0 aliphatic heterocycles. The molecule has 0 aromatic heterocycles. The van der Waals surface area contributed by atoms with E-state index in [2.05, 4.69) is 4.72 Å². The number of halogens is 1. The summed E-state index contributed by atoms with van der Waals surface area (Å²) in [5, 5.41) is 9.20. The highest BCUT2D eigenvalue weighted by Crippen LogP contribution is 2.16. The maximum atomic E-state index is 13.8. The molecular weight excluding hydrogens is 293 g/mol. The third-order valence-corrected chi connectivity index (χ3v) is 4.55. The van der Waals surface area contributed by atoms with Crippen molar-refractivity contribution in [3.8, 4) is 0 Å². The first-order valence-corrected chi connectivity index (χ1v) is 7.86. The summed E-state index contributed by atoms with van der Waals surface area (Å²) in [4.78, 5) is -0.380. The number of aliphatic hydroxyl groups excluding tert-OH is 1. The highest BCUT2D eigenvalue weighted by atomic mass is 32.2. The fourth-order valence-electron chi connectivity index (χ4n) is 1.96. The van der Waals surface area contributed by atoms with Crippen molar-refractivity contribution in [2.24, 2.45) is 0 Å². The Morgan fingerprint density at radius 2 is 1.81 bits per heavy atom. The predicted octanol–water partition coefficient (Wildman–Crippen LogP) is 2.10. The molecule has 6 heteroatoms. The van der Waals surface area contributed by atoms with E-state index in [0.717, 1.165) is 0 Å². The standard InChI is InChI=1S/C15H16FNO3S/c1-11-6-7-15(14(16)8-11)21(19,20)17-9-12-4-2-3-5-13(12)10-18/h2-8,17-18H,9-10H2,1H3. The van der Waals surface area contributed by atoms with Gasteiger partial charge in [0.15, 0.2) is 0 Å². The molecule has 0 saturated carbocycles. The van der Waals surface area contributed by atoms with E-state index >= 15 is 0 Å². The molecule has 0 aliphatic carbocycles. The van der Waals surface area contributed by atoms with Crippen molar-refractivity contribution in [3.63, 3.8) is 0 Å². The van der Waals surface area contributed by atoms with Gasteiger partial charge in [0.25, 0.3) is 0 Å². The van der Waals surface area contributed by atoms with E-state index in [4.69, 9.17) is 0 Å². The minimum absolute atomic E-state index is 0.00756. The van der Waals surface area contributed by atoms with Crippen molar-refractivity contribution in [1.82, 2.24) is 4.72 Å². The molecule has 0 bridgehead atoms. The van der Waals surface area contributed by atoms with Gasteiger partial charge in [0, 0.05) is 6.54 Å². The summed E-state index contributed by atoms with van der Waals surface area (Å²) >= 11 is 0. The molecule has 0 aliphatic rings. The lowest BCUT2D eigenvalue weighted by Gasteiger charge is -2.10. The fraction of sp³-hybridized carbons (Fsp3) is 0.200. The maximum absolute atomic E-state index is 13.8. The molecule has 2 rings (SSSR count). The van der Waals surface area contributed by atoms with Gasteiger partial charge in [0.1, 0.15) is 10.7 Å². The topological polar surface area (TPSA) is 66.4 Å². The Bertz CT molecular complexity index is 744. The van der Waals surface area contributed by atoms with Crippen LogP contribution in [0, 0.1) is 12.7 Å². The molecule has 0 spiro atoms. The second kappa shape index (κ2) is 6.34. The minimum atomic E-state index is -3.94. The Morgan fingerprint density at radius 1 is 1.14 bits per heavy atom. The third-order valence-electron chi connectivity index (χ3n) is 3.12. The summed E-state index contributed by atoms with van der Waals surface area (Å²) in [6.45, 7) is 1.49. The first kappa shape index (κ1) is 15.6. The van der Waals surface area contributed by atoms with Gasteiger partial charge in [-0.3, -0.25) is 0 Å². The van der Waals surface area contributed by atoms with Crippen LogP contribution in [0.4, 0.5) is 4.39 Å². The molecule has 0 radical (unpaired) electrons. The SMILES string of the molecule is Cc1ccc(S(=O)(=O)NCc2ccccc2CO)c(F)c1. The molecule has 0 fully saturated rings. The molecule has 2 aromatic rings. The van der Waals surface area contributed by atoms with Crippen molar-refractivity contribution in [2.75, 3.05) is 0 Å². The van der Waals surface area contributed by atoms with Crippen LogP contribution in [0.5, 0.6) is 0 Å². The molecule has 112 valence electrons. The fourth-order valence-corrected chi connectivity index (χ4v) is 3.02. The Kier molecular flexibility index (Phi) is 4.72. The maximum Gasteiger partial charge on any atom is 0.243 e. The zero-order chi connectivity index (χ0) is 15.5. The van der Waals surface area contributed by atoms with Gasteiger partial charge >= 0.3 is 0 Å².